The minimum absolute atomic E-state index is 0.0196. The van der Waals surface area contributed by atoms with Crippen LogP contribution in [0.4, 0.5) is 5.69 Å². The van der Waals surface area contributed by atoms with Crippen LogP contribution in [0, 0.1) is 12.8 Å². The number of carbonyl (C=O) groups excluding carboxylic acids is 2. The zero-order valence-electron chi connectivity index (χ0n) is 17.2. The maximum absolute atomic E-state index is 13.4. The Balaban J connectivity index is 1.79. The number of carbonyl (C=O) groups is 2. The van der Waals surface area contributed by atoms with Crippen molar-refractivity contribution in [2.24, 2.45) is 5.92 Å². The smallest absolute Gasteiger partial charge is 0.241 e. The number of thioether (sulfide) groups is 1. The summed E-state index contributed by atoms with van der Waals surface area (Å²) in [6.45, 7) is 5.52. The first kappa shape index (κ1) is 21.4. The molecule has 0 aromatic heterocycles. The second-order valence-electron chi connectivity index (χ2n) is 7.34. The molecule has 0 aliphatic carbocycles. The molecule has 6 heteroatoms. The van der Waals surface area contributed by atoms with Gasteiger partial charge in [0.25, 0.3) is 0 Å². The van der Waals surface area contributed by atoms with Crippen molar-refractivity contribution in [2.75, 3.05) is 25.2 Å². The van der Waals surface area contributed by atoms with E-state index in [1.54, 1.807) is 7.11 Å². The molecule has 3 rings (SSSR count). The molecule has 1 aliphatic heterocycles. The fraction of sp³-hybridized carbons (Fsp3) is 0.391. The van der Waals surface area contributed by atoms with E-state index in [0.717, 1.165) is 22.6 Å². The molecule has 0 saturated heterocycles. The van der Waals surface area contributed by atoms with Gasteiger partial charge in [0, 0.05) is 25.2 Å². The van der Waals surface area contributed by atoms with Gasteiger partial charge in [0.1, 0.15) is 5.25 Å². The van der Waals surface area contributed by atoms with Crippen LogP contribution in [-0.2, 0) is 20.9 Å². The average Bonchev–Trinajstić information content (AvgIpc) is 2.73. The van der Waals surface area contributed by atoms with E-state index < -0.39 is 11.2 Å². The Kier molecular flexibility index (Phi) is 7.34. The third-order valence-corrected chi connectivity index (χ3v) is 6.54. The molecule has 1 N–H and O–H groups in total. The van der Waals surface area contributed by atoms with Gasteiger partial charge in [0.05, 0.1) is 18.2 Å². The predicted molar refractivity (Wildman–Crippen MR) is 117 cm³/mol. The molecular formula is C23H28N2O3S. The van der Waals surface area contributed by atoms with Crippen molar-refractivity contribution in [3.63, 3.8) is 0 Å². The quantitative estimate of drug-likeness (QED) is 0.670. The Morgan fingerprint density at radius 3 is 2.66 bits per heavy atom. The summed E-state index contributed by atoms with van der Waals surface area (Å²) in [5.41, 5.74) is 3.17. The van der Waals surface area contributed by atoms with Crippen LogP contribution in [0.25, 0.3) is 0 Å². The lowest BCUT2D eigenvalue weighted by atomic mass is 10.0. The number of hydrogen-bond donors (Lipinski definition) is 1. The first-order chi connectivity index (χ1) is 14.0. The summed E-state index contributed by atoms with van der Waals surface area (Å²) >= 11 is 1.49. The third-order valence-electron chi connectivity index (χ3n) is 5.07. The van der Waals surface area contributed by atoms with Gasteiger partial charge in [0.2, 0.25) is 11.8 Å². The summed E-state index contributed by atoms with van der Waals surface area (Å²) in [6, 6.07) is 16.1. The van der Waals surface area contributed by atoms with Crippen LogP contribution in [0.15, 0.2) is 53.4 Å². The summed E-state index contributed by atoms with van der Waals surface area (Å²) in [6.07, 6.45) is 0.753. The van der Waals surface area contributed by atoms with Crippen molar-refractivity contribution in [1.29, 1.82) is 0 Å². The first-order valence-electron chi connectivity index (χ1n) is 9.90. The van der Waals surface area contributed by atoms with Gasteiger partial charge < -0.3 is 15.0 Å². The predicted octanol–water partition coefficient (Wildman–Crippen LogP) is 3.79. The maximum atomic E-state index is 13.4. The number of benzene rings is 2. The summed E-state index contributed by atoms with van der Waals surface area (Å²) < 4.78 is 5.02. The number of ether oxygens (including phenoxy) is 1. The van der Waals surface area contributed by atoms with E-state index in [9.17, 15) is 9.59 Å². The second kappa shape index (κ2) is 9.94. The number of hydrogen-bond acceptors (Lipinski definition) is 4. The first-order valence-corrected chi connectivity index (χ1v) is 10.8. The standard InChI is InChI=1S/C23H28N2O3S/c1-16-9-11-18(12-10-16)15-25-19-7-4-5-8-20(19)29-21(23(25)27)17(2)22(26)24-13-6-14-28-3/h4-5,7-12,17,21H,6,13-15H2,1-3H3,(H,24,26)/t17-,21-/m0/s1. The number of methoxy groups -OCH3 is 1. The zero-order valence-corrected chi connectivity index (χ0v) is 18.0. The maximum Gasteiger partial charge on any atom is 0.241 e. The zero-order chi connectivity index (χ0) is 20.8. The van der Waals surface area contributed by atoms with Crippen LogP contribution < -0.4 is 10.2 Å². The highest BCUT2D eigenvalue weighted by Crippen LogP contribution is 2.42. The molecule has 2 atom stereocenters. The van der Waals surface area contributed by atoms with E-state index in [-0.39, 0.29) is 11.8 Å². The highest BCUT2D eigenvalue weighted by atomic mass is 32.2. The van der Waals surface area contributed by atoms with E-state index >= 15 is 0 Å². The van der Waals surface area contributed by atoms with Gasteiger partial charge in [-0.05, 0) is 31.0 Å². The van der Waals surface area contributed by atoms with Gasteiger partial charge in [-0.25, -0.2) is 0 Å². The van der Waals surface area contributed by atoms with Crippen molar-refractivity contribution < 1.29 is 14.3 Å². The van der Waals surface area contributed by atoms with Gasteiger partial charge in [-0.3, -0.25) is 9.59 Å². The van der Waals surface area contributed by atoms with Crippen LogP contribution in [0.5, 0.6) is 0 Å². The molecule has 5 nitrogen and oxygen atoms in total. The van der Waals surface area contributed by atoms with Gasteiger partial charge in [-0.2, -0.15) is 0 Å². The summed E-state index contributed by atoms with van der Waals surface area (Å²) in [5.74, 6) is -0.542. The van der Waals surface area contributed by atoms with E-state index in [1.165, 1.54) is 17.3 Å². The topological polar surface area (TPSA) is 58.6 Å². The Bertz CT molecular complexity index is 853. The van der Waals surface area contributed by atoms with Crippen LogP contribution >= 0.6 is 11.8 Å². The number of rotatable bonds is 8. The van der Waals surface area contributed by atoms with Gasteiger partial charge in [-0.15, -0.1) is 11.8 Å². The molecule has 29 heavy (non-hydrogen) atoms. The monoisotopic (exact) mass is 412 g/mol. The molecule has 154 valence electrons. The van der Waals surface area contributed by atoms with E-state index in [2.05, 4.69) is 17.4 Å². The number of amides is 2. The molecule has 0 spiro atoms. The highest BCUT2D eigenvalue weighted by molar-refractivity contribution is 8.01. The van der Waals surface area contributed by atoms with Crippen LogP contribution in [0.2, 0.25) is 0 Å². The molecule has 0 fully saturated rings. The molecule has 2 aromatic carbocycles. The minimum Gasteiger partial charge on any atom is -0.385 e. The van der Waals surface area contributed by atoms with Crippen LogP contribution in [0.1, 0.15) is 24.5 Å². The fourth-order valence-electron chi connectivity index (χ4n) is 3.32. The molecular weight excluding hydrogens is 384 g/mol. The van der Waals surface area contributed by atoms with Crippen molar-refractivity contribution in [3.05, 3.63) is 59.7 Å². The number of fused-ring (bicyclic) bond motifs is 1. The Morgan fingerprint density at radius 2 is 1.93 bits per heavy atom. The lowest BCUT2D eigenvalue weighted by molar-refractivity contribution is -0.128. The van der Waals surface area contributed by atoms with Gasteiger partial charge >= 0.3 is 0 Å². The largest absolute Gasteiger partial charge is 0.385 e. The molecule has 2 amide bonds. The number of nitrogens with zero attached hydrogens (tertiary/aromatic N) is 1. The van der Waals surface area contributed by atoms with Crippen molar-refractivity contribution in [1.82, 2.24) is 5.32 Å². The molecule has 0 saturated carbocycles. The Morgan fingerprint density at radius 1 is 1.21 bits per heavy atom. The number of para-hydroxylation sites is 1. The normalized spacial score (nSPS) is 17.0. The van der Waals surface area contributed by atoms with E-state index in [0.29, 0.717) is 19.7 Å². The highest BCUT2D eigenvalue weighted by Gasteiger charge is 2.39. The summed E-state index contributed by atoms with van der Waals surface area (Å²) in [7, 11) is 1.64. The molecule has 0 bridgehead atoms. The third kappa shape index (κ3) is 5.19. The van der Waals surface area contributed by atoms with Crippen LogP contribution in [-0.4, -0.2) is 37.3 Å². The van der Waals surface area contributed by atoms with Crippen molar-refractivity contribution in [2.45, 2.75) is 37.0 Å². The average molecular weight is 413 g/mol. The lowest BCUT2D eigenvalue weighted by Crippen LogP contribution is -2.47. The molecule has 0 unspecified atom stereocenters. The molecule has 0 radical (unpaired) electrons. The fourth-order valence-corrected chi connectivity index (χ4v) is 4.61. The van der Waals surface area contributed by atoms with Crippen LogP contribution in [0.3, 0.4) is 0 Å². The molecule has 1 heterocycles. The van der Waals surface area contributed by atoms with Crippen molar-refractivity contribution in [3.8, 4) is 0 Å². The Hall–Kier alpha value is -2.31. The second-order valence-corrected chi connectivity index (χ2v) is 8.53. The van der Waals surface area contributed by atoms with E-state index in [1.807, 2.05) is 55.1 Å². The van der Waals surface area contributed by atoms with Gasteiger partial charge in [-0.1, -0.05) is 48.9 Å². The van der Waals surface area contributed by atoms with Crippen molar-refractivity contribution >= 4 is 29.3 Å². The number of anilines is 1. The molecule has 1 aliphatic rings. The van der Waals surface area contributed by atoms with Gasteiger partial charge in [0.15, 0.2) is 0 Å². The number of aryl methyl sites for hydroxylation is 1. The molecule has 2 aromatic rings. The SMILES string of the molecule is COCCCNC(=O)[C@@H](C)[C@@H]1Sc2ccccc2N(Cc2ccc(C)cc2)C1=O. The van der Waals surface area contributed by atoms with E-state index in [4.69, 9.17) is 4.74 Å². The summed E-state index contributed by atoms with van der Waals surface area (Å²) in [4.78, 5) is 28.9. The summed E-state index contributed by atoms with van der Waals surface area (Å²) in [5, 5.41) is 2.48. The lowest BCUT2D eigenvalue weighted by Gasteiger charge is -2.35. The number of nitrogens with one attached hydrogen (secondary N) is 1. The Labute approximate surface area is 176 Å². The minimum atomic E-state index is -0.447.